The number of fused-ring (bicyclic) bond motifs is 1. The number of para-hydroxylation sites is 1. The van der Waals surface area contributed by atoms with Crippen molar-refractivity contribution in [3.05, 3.63) is 64.7 Å². The molecule has 0 bridgehead atoms. The van der Waals surface area contributed by atoms with E-state index in [4.69, 9.17) is 9.47 Å². The van der Waals surface area contributed by atoms with Crippen molar-refractivity contribution in [2.75, 3.05) is 14.2 Å². The highest BCUT2D eigenvalue weighted by Gasteiger charge is 2.13. The Morgan fingerprint density at radius 1 is 1.19 bits per heavy atom. The van der Waals surface area contributed by atoms with Crippen LogP contribution in [-0.4, -0.2) is 31.1 Å². The number of aromatic nitrogens is 1. The molecule has 1 aromatic heterocycles. The normalized spacial score (nSPS) is 10.9. The molecule has 1 heterocycles. The molecule has 0 saturated carbocycles. The average molecular weight is 382 g/mol. The summed E-state index contributed by atoms with van der Waals surface area (Å²) in [5.41, 5.74) is 1.99. The highest BCUT2D eigenvalue weighted by atomic mass is 32.1. The Labute approximate surface area is 160 Å². The zero-order chi connectivity index (χ0) is 19.2. The molecule has 0 aliphatic rings. The topological polar surface area (TPSA) is 77.5 Å². The number of thiazole rings is 1. The van der Waals surface area contributed by atoms with Crippen molar-refractivity contribution < 1.29 is 19.1 Å². The maximum absolute atomic E-state index is 12.1. The van der Waals surface area contributed by atoms with Crippen LogP contribution in [0, 0.1) is 0 Å². The minimum absolute atomic E-state index is 0.246. The number of carbonyl (C=O) groups excluding carboxylic acids is 2. The van der Waals surface area contributed by atoms with Gasteiger partial charge in [0, 0.05) is 12.6 Å². The monoisotopic (exact) mass is 382 g/mol. The summed E-state index contributed by atoms with van der Waals surface area (Å²) in [7, 11) is 2.79. The van der Waals surface area contributed by atoms with E-state index in [9.17, 15) is 9.59 Å². The van der Waals surface area contributed by atoms with Crippen LogP contribution in [0.2, 0.25) is 0 Å². The van der Waals surface area contributed by atoms with Gasteiger partial charge in [-0.3, -0.25) is 4.79 Å². The number of methoxy groups -OCH3 is 2. The first-order valence-corrected chi connectivity index (χ1v) is 8.99. The molecule has 1 N–H and O–H groups in total. The van der Waals surface area contributed by atoms with Gasteiger partial charge >= 0.3 is 5.97 Å². The Morgan fingerprint density at radius 2 is 2.00 bits per heavy atom. The highest BCUT2D eigenvalue weighted by molar-refractivity contribution is 7.19. The lowest BCUT2D eigenvalue weighted by Gasteiger charge is -2.09. The fraction of sp³-hybridized carbons (Fsp3) is 0.150. The maximum Gasteiger partial charge on any atom is 0.341 e. The molecular formula is C20H18N2O4S. The largest absolute Gasteiger partial charge is 0.496 e. The number of carbonyl (C=O) groups is 2. The van der Waals surface area contributed by atoms with E-state index < -0.39 is 5.97 Å². The molecule has 0 aliphatic carbocycles. The van der Waals surface area contributed by atoms with Gasteiger partial charge in [0.05, 0.1) is 24.4 Å². The standard InChI is InChI=1S/C20H18N2O4S/c1-25-16-8-7-13(11-14(16)20(24)26-2)12-21-18(23)9-10-19-22-15-5-3-4-6-17(15)27-19/h3-11H,12H2,1-2H3,(H,21,23)/b10-9+. The van der Waals surface area contributed by atoms with Crippen LogP contribution in [0.1, 0.15) is 20.9 Å². The van der Waals surface area contributed by atoms with Crippen LogP contribution >= 0.6 is 11.3 Å². The fourth-order valence-corrected chi connectivity index (χ4v) is 3.36. The van der Waals surface area contributed by atoms with Crippen molar-refractivity contribution >= 4 is 39.5 Å². The van der Waals surface area contributed by atoms with Crippen LogP contribution in [-0.2, 0) is 16.1 Å². The van der Waals surface area contributed by atoms with Gasteiger partial charge in [0.2, 0.25) is 5.91 Å². The van der Waals surface area contributed by atoms with Gasteiger partial charge in [0.1, 0.15) is 16.3 Å². The molecule has 2 aromatic carbocycles. The molecule has 3 aromatic rings. The molecule has 6 nitrogen and oxygen atoms in total. The zero-order valence-electron chi connectivity index (χ0n) is 14.9. The summed E-state index contributed by atoms with van der Waals surface area (Å²) in [5, 5.41) is 3.55. The SMILES string of the molecule is COC(=O)c1cc(CNC(=O)/C=C/c2nc3ccccc3s2)ccc1OC. The second-order valence-corrected chi connectivity index (χ2v) is 6.66. The van der Waals surface area contributed by atoms with Crippen LogP contribution in [0.5, 0.6) is 5.75 Å². The molecule has 0 fully saturated rings. The molecule has 27 heavy (non-hydrogen) atoms. The van der Waals surface area contributed by atoms with E-state index in [1.54, 1.807) is 24.3 Å². The molecule has 1 amide bonds. The third kappa shape index (κ3) is 4.51. The Balaban J connectivity index is 1.64. The quantitative estimate of drug-likeness (QED) is 0.522. The molecule has 7 heteroatoms. The van der Waals surface area contributed by atoms with Crippen LogP contribution in [0.3, 0.4) is 0 Å². The number of rotatable bonds is 6. The zero-order valence-corrected chi connectivity index (χ0v) is 15.7. The number of esters is 1. The van der Waals surface area contributed by atoms with Gasteiger partial charge in [0.15, 0.2) is 0 Å². The molecule has 0 spiro atoms. The molecule has 3 rings (SSSR count). The first-order valence-electron chi connectivity index (χ1n) is 8.17. The lowest BCUT2D eigenvalue weighted by atomic mass is 10.1. The number of hydrogen-bond acceptors (Lipinski definition) is 6. The van der Waals surface area contributed by atoms with E-state index in [1.165, 1.54) is 31.6 Å². The van der Waals surface area contributed by atoms with Gasteiger partial charge in [-0.15, -0.1) is 11.3 Å². The van der Waals surface area contributed by atoms with Crippen molar-refractivity contribution in [2.24, 2.45) is 0 Å². The second-order valence-electron chi connectivity index (χ2n) is 5.60. The van der Waals surface area contributed by atoms with Gasteiger partial charge in [-0.2, -0.15) is 0 Å². The number of nitrogens with one attached hydrogen (secondary N) is 1. The minimum Gasteiger partial charge on any atom is -0.496 e. The molecular weight excluding hydrogens is 364 g/mol. The van der Waals surface area contributed by atoms with E-state index in [0.717, 1.165) is 20.8 Å². The smallest absolute Gasteiger partial charge is 0.341 e. The van der Waals surface area contributed by atoms with Crippen molar-refractivity contribution in [1.29, 1.82) is 0 Å². The second kappa shape index (κ2) is 8.46. The average Bonchev–Trinajstić information content (AvgIpc) is 3.13. The Bertz CT molecular complexity index is 977. The van der Waals surface area contributed by atoms with E-state index in [1.807, 2.05) is 24.3 Å². The summed E-state index contributed by atoms with van der Waals surface area (Å²) in [5.74, 6) is -0.312. The predicted molar refractivity (Wildman–Crippen MR) is 105 cm³/mol. The minimum atomic E-state index is -0.490. The van der Waals surface area contributed by atoms with E-state index >= 15 is 0 Å². The van der Waals surface area contributed by atoms with E-state index in [-0.39, 0.29) is 12.5 Å². The lowest BCUT2D eigenvalue weighted by molar-refractivity contribution is -0.116. The van der Waals surface area contributed by atoms with Gasteiger partial charge in [-0.25, -0.2) is 9.78 Å². The van der Waals surface area contributed by atoms with Crippen LogP contribution in [0.4, 0.5) is 0 Å². The first kappa shape index (κ1) is 18.6. The van der Waals surface area contributed by atoms with Crippen LogP contribution < -0.4 is 10.1 Å². The van der Waals surface area contributed by atoms with E-state index in [2.05, 4.69) is 10.3 Å². The Morgan fingerprint density at radius 3 is 2.74 bits per heavy atom. The summed E-state index contributed by atoms with van der Waals surface area (Å²) >= 11 is 1.52. The van der Waals surface area contributed by atoms with Crippen molar-refractivity contribution in [1.82, 2.24) is 10.3 Å². The third-order valence-electron chi connectivity index (χ3n) is 3.82. The third-order valence-corrected chi connectivity index (χ3v) is 4.83. The maximum atomic E-state index is 12.1. The molecule has 0 unspecified atom stereocenters. The summed E-state index contributed by atoms with van der Waals surface area (Å²) < 4.78 is 11.0. The summed E-state index contributed by atoms with van der Waals surface area (Å²) in [6.45, 7) is 0.275. The predicted octanol–water partition coefficient (Wildman–Crippen LogP) is 3.42. The number of hydrogen-bond donors (Lipinski definition) is 1. The van der Waals surface area contributed by atoms with Gasteiger partial charge in [0.25, 0.3) is 0 Å². The molecule has 0 saturated heterocycles. The van der Waals surface area contributed by atoms with Crippen LogP contribution in [0.25, 0.3) is 16.3 Å². The van der Waals surface area contributed by atoms with Gasteiger partial charge in [-0.05, 0) is 35.9 Å². The molecule has 0 radical (unpaired) electrons. The lowest BCUT2D eigenvalue weighted by Crippen LogP contribution is -2.20. The molecule has 0 aliphatic heterocycles. The Hall–Kier alpha value is -3.19. The van der Waals surface area contributed by atoms with Crippen LogP contribution in [0.15, 0.2) is 48.5 Å². The molecule has 138 valence electrons. The number of amides is 1. The van der Waals surface area contributed by atoms with Gasteiger partial charge in [-0.1, -0.05) is 18.2 Å². The summed E-state index contributed by atoms with van der Waals surface area (Å²) in [6.07, 6.45) is 3.14. The summed E-state index contributed by atoms with van der Waals surface area (Å²) in [4.78, 5) is 28.3. The first-order chi connectivity index (χ1) is 13.1. The van der Waals surface area contributed by atoms with Gasteiger partial charge < -0.3 is 14.8 Å². The van der Waals surface area contributed by atoms with Crippen molar-refractivity contribution in [2.45, 2.75) is 6.54 Å². The summed E-state index contributed by atoms with van der Waals surface area (Å²) in [6, 6.07) is 12.9. The van der Waals surface area contributed by atoms with Crippen molar-refractivity contribution in [3.8, 4) is 5.75 Å². The number of nitrogens with zero attached hydrogens (tertiary/aromatic N) is 1. The van der Waals surface area contributed by atoms with Crippen molar-refractivity contribution in [3.63, 3.8) is 0 Å². The fourth-order valence-electron chi connectivity index (χ4n) is 2.49. The number of benzene rings is 2. The Kier molecular flexibility index (Phi) is 5.83. The molecule has 0 atom stereocenters. The number of ether oxygens (including phenoxy) is 2. The van der Waals surface area contributed by atoms with E-state index in [0.29, 0.717) is 11.3 Å². The highest BCUT2D eigenvalue weighted by Crippen LogP contribution is 2.22.